The maximum absolute atomic E-state index is 5.36. The Hall–Kier alpha value is -2.02. The van der Waals surface area contributed by atoms with Gasteiger partial charge in [-0.25, -0.2) is 4.68 Å². The molecule has 128 valence electrons. The van der Waals surface area contributed by atoms with Crippen molar-refractivity contribution in [3.8, 4) is 0 Å². The van der Waals surface area contributed by atoms with Crippen molar-refractivity contribution in [1.29, 1.82) is 0 Å². The molecular weight excluding hydrogens is 396 g/mol. The zero-order valence-electron chi connectivity index (χ0n) is 13.9. The highest BCUT2D eigenvalue weighted by atomic mass is 79.9. The Morgan fingerprint density at radius 3 is 2.56 bits per heavy atom. The van der Waals surface area contributed by atoms with Crippen molar-refractivity contribution in [2.45, 2.75) is 13.2 Å². The largest absolute Gasteiger partial charge is 0.283 e. The molecule has 0 aliphatic rings. The standard InChI is InChI=1S/C19H19BrN4S/c1-23(13-16-7-10-17(20)11-8-16)14-24-19(25)21-18(22-24)12-9-15-5-3-2-4-6-15/h2-12H,13-14H2,1H3,(H,21,22,25)/b12-9+. The van der Waals surface area contributed by atoms with Crippen LogP contribution in [-0.2, 0) is 13.2 Å². The van der Waals surface area contributed by atoms with Gasteiger partial charge >= 0.3 is 0 Å². The number of hydrogen-bond acceptors (Lipinski definition) is 3. The van der Waals surface area contributed by atoms with Crippen LogP contribution in [0, 0.1) is 4.77 Å². The Labute approximate surface area is 160 Å². The van der Waals surface area contributed by atoms with Crippen LogP contribution in [0.2, 0.25) is 0 Å². The van der Waals surface area contributed by atoms with Gasteiger partial charge in [0.25, 0.3) is 0 Å². The molecule has 0 aliphatic carbocycles. The average molecular weight is 415 g/mol. The van der Waals surface area contributed by atoms with Crippen LogP contribution < -0.4 is 0 Å². The second-order valence-electron chi connectivity index (χ2n) is 5.85. The number of aromatic amines is 1. The summed E-state index contributed by atoms with van der Waals surface area (Å²) in [5.41, 5.74) is 2.38. The number of hydrogen-bond donors (Lipinski definition) is 1. The van der Waals surface area contributed by atoms with E-state index in [1.807, 2.05) is 47.2 Å². The third-order valence-corrected chi connectivity index (χ3v) is 4.52. The fourth-order valence-electron chi connectivity index (χ4n) is 2.48. The van der Waals surface area contributed by atoms with Crippen molar-refractivity contribution >= 4 is 40.3 Å². The Balaban J connectivity index is 1.65. The molecule has 1 heterocycles. The van der Waals surface area contributed by atoms with Crippen LogP contribution in [0.1, 0.15) is 17.0 Å². The van der Waals surface area contributed by atoms with E-state index < -0.39 is 0 Å². The first-order chi connectivity index (χ1) is 12.1. The molecule has 0 saturated carbocycles. The Bertz CT molecular complexity index is 897. The van der Waals surface area contributed by atoms with Gasteiger partial charge in [-0.2, -0.15) is 4.98 Å². The van der Waals surface area contributed by atoms with Crippen LogP contribution in [0.5, 0.6) is 0 Å². The van der Waals surface area contributed by atoms with Gasteiger partial charge in [0.2, 0.25) is 4.77 Å². The summed E-state index contributed by atoms with van der Waals surface area (Å²) in [6.45, 7) is 1.49. The van der Waals surface area contributed by atoms with Gasteiger partial charge in [-0.3, -0.25) is 10.00 Å². The van der Waals surface area contributed by atoms with E-state index in [0.29, 0.717) is 11.4 Å². The molecule has 3 rings (SSSR count). The maximum atomic E-state index is 5.36. The number of nitrogens with zero attached hydrogens (tertiary/aromatic N) is 3. The van der Waals surface area contributed by atoms with Gasteiger partial charge in [-0.1, -0.05) is 64.5 Å². The van der Waals surface area contributed by atoms with Gasteiger partial charge in [0.1, 0.15) is 5.82 Å². The zero-order chi connectivity index (χ0) is 17.6. The average Bonchev–Trinajstić information content (AvgIpc) is 2.96. The molecule has 0 amide bonds. The monoisotopic (exact) mass is 414 g/mol. The SMILES string of the molecule is CN(Cc1ccc(Br)cc1)Cn1[nH]c(/C=C/c2ccccc2)nc1=S. The summed E-state index contributed by atoms with van der Waals surface area (Å²) in [6, 6.07) is 18.5. The Kier molecular flexibility index (Phi) is 5.96. The number of nitrogens with one attached hydrogen (secondary N) is 1. The number of halogens is 1. The van der Waals surface area contributed by atoms with E-state index in [1.54, 1.807) is 0 Å². The van der Waals surface area contributed by atoms with Crippen molar-refractivity contribution in [1.82, 2.24) is 19.7 Å². The lowest BCUT2D eigenvalue weighted by molar-refractivity contribution is 0.244. The molecule has 0 fully saturated rings. The quantitative estimate of drug-likeness (QED) is 0.578. The smallest absolute Gasteiger partial charge is 0.217 e. The van der Waals surface area contributed by atoms with Gasteiger partial charge in [0.15, 0.2) is 0 Å². The molecule has 2 aromatic carbocycles. The van der Waals surface area contributed by atoms with E-state index in [0.717, 1.165) is 22.4 Å². The van der Waals surface area contributed by atoms with Gasteiger partial charge in [0, 0.05) is 11.0 Å². The molecule has 0 spiro atoms. The maximum Gasteiger partial charge on any atom is 0.217 e. The molecule has 6 heteroatoms. The summed E-state index contributed by atoms with van der Waals surface area (Å²) < 4.78 is 3.51. The normalized spacial score (nSPS) is 11.5. The fraction of sp³-hybridized carbons (Fsp3) is 0.158. The summed E-state index contributed by atoms with van der Waals surface area (Å²) in [6.07, 6.45) is 3.96. The van der Waals surface area contributed by atoms with Crippen LogP contribution in [-0.4, -0.2) is 26.7 Å². The van der Waals surface area contributed by atoms with E-state index in [2.05, 4.69) is 62.2 Å². The topological polar surface area (TPSA) is 36.9 Å². The predicted molar refractivity (Wildman–Crippen MR) is 108 cm³/mol. The summed E-state index contributed by atoms with van der Waals surface area (Å²) in [5.74, 6) is 0.755. The summed E-state index contributed by atoms with van der Waals surface area (Å²) in [7, 11) is 2.06. The van der Waals surface area contributed by atoms with Gasteiger partial charge in [0.05, 0.1) is 6.67 Å². The molecule has 3 aromatic rings. The Morgan fingerprint density at radius 2 is 1.84 bits per heavy atom. The number of benzene rings is 2. The molecule has 0 bridgehead atoms. The third kappa shape index (κ3) is 5.22. The third-order valence-electron chi connectivity index (χ3n) is 3.68. The number of H-pyrrole nitrogens is 1. The molecular formula is C19H19BrN4S. The van der Waals surface area contributed by atoms with E-state index >= 15 is 0 Å². The summed E-state index contributed by atoms with van der Waals surface area (Å²) in [4.78, 5) is 6.58. The number of rotatable bonds is 6. The highest BCUT2D eigenvalue weighted by molar-refractivity contribution is 9.10. The van der Waals surface area contributed by atoms with Gasteiger partial charge in [-0.05, 0) is 48.6 Å². The Morgan fingerprint density at radius 1 is 1.12 bits per heavy atom. The minimum atomic E-state index is 0.551. The van der Waals surface area contributed by atoms with Crippen LogP contribution in [0.4, 0.5) is 0 Å². The van der Waals surface area contributed by atoms with Crippen molar-refractivity contribution in [2.75, 3.05) is 7.05 Å². The fourth-order valence-corrected chi connectivity index (χ4v) is 2.94. The molecule has 1 aromatic heterocycles. The first-order valence-corrected chi connectivity index (χ1v) is 9.13. The molecule has 4 nitrogen and oxygen atoms in total. The lowest BCUT2D eigenvalue weighted by Crippen LogP contribution is -2.22. The number of aromatic nitrogens is 3. The second-order valence-corrected chi connectivity index (χ2v) is 7.13. The summed E-state index contributed by atoms with van der Waals surface area (Å²) in [5, 5.41) is 3.24. The summed E-state index contributed by atoms with van der Waals surface area (Å²) >= 11 is 8.82. The molecule has 0 unspecified atom stereocenters. The molecule has 0 saturated heterocycles. The first kappa shape index (κ1) is 17.8. The molecule has 0 atom stereocenters. The minimum absolute atomic E-state index is 0.551. The lowest BCUT2D eigenvalue weighted by Gasteiger charge is -2.16. The first-order valence-electron chi connectivity index (χ1n) is 7.93. The van der Waals surface area contributed by atoms with E-state index in [1.165, 1.54) is 5.56 Å². The minimum Gasteiger partial charge on any atom is -0.283 e. The highest BCUT2D eigenvalue weighted by Crippen LogP contribution is 2.12. The van der Waals surface area contributed by atoms with E-state index in [4.69, 9.17) is 12.2 Å². The van der Waals surface area contributed by atoms with Crippen LogP contribution in [0.3, 0.4) is 0 Å². The van der Waals surface area contributed by atoms with Crippen LogP contribution >= 0.6 is 28.1 Å². The predicted octanol–water partition coefficient (Wildman–Crippen LogP) is 4.96. The van der Waals surface area contributed by atoms with Crippen molar-refractivity contribution in [3.05, 3.63) is 80.8 Å². The lowest BCUT2D eigenvalue weighted by atomic mass is 10.2. The van der Waals surface area contributed by atoms with Crippen molar-refractivity contribution in [3.63, 3.8) is 0 Å². The highest BCUT2D eigenvalue weighted by Gasteiger charge is 2.05. The second kappa shape index (κ2) is 8.38. The molecule has 0 aliphatic heterocycles. The van der Waals surface area contributed by atoms with Crippen molar-refractivity contribution in [2.24, 2.45) is 0 Å². The van der Waals surface area contributed by atoms with Crippen molar-refractivity contribution < 1.29 is 0 Å². The zero-order valence-corrected chi connectivity index (χ0v) is 16.3. The molecule has 25 heavy (non-hydrogen) atoms. The molecule has 0 radical (unpaired) electrons. The van der Waals surface area contributed by atoms with Gasteiger partial charge in [-0.15, -0.1) is 0 Å². The van der Waals surface area contributed by atoms with Crippen LogP contribution in [0.25, 0.3) is 12.2 Å². The van der Waals surface area contributed by atoms with Crippen LogP contribution in [0.15, 0.2) is 59.1 Å². The van der Waals surface area contributed by atoms with E-state index in [9.17, 15) is 0 Å². The molecule has 1 N–H and O–H groups in total. The van der Waals surface area contributed by atoms with Gasteiger partial charge < -0.3 is 0 Å². The van der Waals surface area contributed by atoms with E-state index in [-0.39, 0.29) is 0 Å².